The van der Waals surface area contributed by atoms with E-state index in [1.165, 1.54) is 4.90 Å². The van der Waals surface area contributed by atoms with Crippen LogP contribution in [0.3, 0.4) is 0 Å². The molecule has 0 saturated carbocycles. The summed E-state index contributed by atoms with van der Waals surface area (Å²) in [4.78, 5) is 29.6. The van der Waals surface area contributed by atoms with Crippen LogP contribution in [0.5, 0.6) is 17.4 Å². The molecule has 1 saturated heterocycles. The molecule has 1 aromatic carbocycles. The van der Waals surface area contributed by atoms with Gasteiger partial charge in [-0.1, -0.05) is 0 Å². The van der Waals surface area contributed by atoms with Gasteiger partial charge in [-0.3, -0.25) is 4.90 Å². The number of rotatable bonds is 3. The second-order valence-corrected chi connectivity index (χ2v) is 7.97. The molecule has 2 atom stereocenters. The number of pyridine rings is 1. The normalized spacial score (nSPS) is 20.7. The SMILES string of the molecule is CC(C)(C)OC(=O)N1C[C@H](Oc2nccc3c4c(ccc23)OCO4)C[C@H]1C(=O)O. The molecule has 29 heavy (non-hydrogen) atoms. The lowest BCUT2D eigenvalue weighted by Crippen LogP contribution is -2.43. The highest BCUT2D eigenvalue weighted by Crippen LogP contribution is 2.41. The Labute approximate surface area is 167 Å². The number of amides is 1. The van der Waals surface area contributed by atoms with E-state index >= 15 is 0 Å². The van der Waals surface area contributed by atoms with Crippen molar-refractivity contribution in [1.29, 1.82) is 0 Å². The number of carbonyl (C=O) groups is 2. The molecule has 1 fully saturated rings. The van der Waals surface area contributed by atoms with Crippen LogP contribution in [0.4, 0.5) is 4.79 Å². The second-order valence-electron chi connectivity index (χ2n) is 7.97. The molecule has 0 radical (unpaired) electrons. The van der Waals surface area contributed by atoms with Crippen LogP contribution >= 0.6 is 0 Å². The minimum absolute atomic E-state index is 0.0918. The number of carboxylic acids is 1. The number of carboxylic acid groups (broad SMARTS) is 1. The fourth-order valence-corrected chi connectivity index (χ4v) is 3.49. The summed E-state index contributed by atoms with van der Waals surface area (Å²) in [6.07, 6.45) is 0.518. The van der Waals surface area contributed by atoms with E-state index in [-0.39, 0.29) is 19.8 Å². The number of benzene rings is 1. The zero-order chi connectivity index (χ0) is 20.8. The van der Waals surface area contributed by atoms with Gasteiger partial charge in [0.2, 0.25) is 12.7 Å². The van der Waals surface area contributed by atoms with Crippen molar-refractivity contribution in [3.8, 4) is 17.4 Å². The third kappa shape index (κ3) is 3.72. The average molecular weight is 402 g/mol. The van der Waals surface area contributed by atoms with E-state index in [0.29, 0.717) is 17.4 Å². The average Bonchev–Trinajstić information content (AvgIpc) is 3.27. The number of carbonyl (C=O) groups excluding carboxylic acids is 1. The first-order valence-corrected chi connectivity index (χ1v) is 9.29. The summed E-state index contributed by atoms with van der Waals surface area (Å²) in [7, 11) is 0. The number of aliphatic carboxylic acids is 1. The topological polar surface area (TPSA) is 107 Å². The fourth-order valence-electron chi connectivity index (χ4n) is 3.49. The van der Waals surface area contributed by atoms with Crippen molar-refractivity contribution in [2.75, 3.05) is 13.3 Å². The highest BCUT2D eigenvalue weighted by atomic mass is 16.7. The van der Waals surface area contributed by atoms with E-state index in [1.807, 2.05) is 6.07 Å². The molecular formula is C20H22N2O7. The van der Waals surface area contributed by atoms with Crippen molar-refractivity contribution in [2.45, 2.75) is 44.9 Å². The van der Waals surface area contributed by atoms with Crippen LogP contribution in [-0.4, -0.2) is 58.1 Å². The lowest BCUT2D eigenvalue weighted by Gasteiger charge is -2.26. The zero-order valence-corrected chi connectivity index (χ0v) is 16.4. The van der Waals surface area contributed by atoms with Gasteiger partial charge in [0.1, 0.15) is 17.7 Å². The molecule has 1 aromatic heterocycles. The van der Waals surface area contributed by atoms with Crippen molar-refractivity contribution < 1.29 is 33.6 Å². The highest BCUT2D eigenvalue weighted by Gasteiger charge is 2.43. The summed E-state index contributed by atoms with van der Waals surface area (Å²) in [6.45, 7) is 5.44. The van der Waals surface area contributed by atoms with Gasteiger partial charge >= 0.3 is 12.1 Å². The molecule has 9 nitrogen and oxygen atoms in total. The van der Waals surface area contributed by atoms with Gasteiger partial charge in [0.25, 0.3) is 0 Å². The van der Waals surface area contributed by atoms with Crippen molar-refractivity contribution in [3.63, 3.8) is 0 Å². The van der Waals surface area contributed by atoms with E-state index < -0.39 is 29.8 Å². The minimum Gasteiger partial charge on any atom is -0.480 e. The van der Waals surface area contributed by atoms with Gasteiger partial charge in [-0.05, 0) is 39.0 Å². The Morgan fingerprint density at radius 2 is 2.00 bits per heavy atom. The second kappa shape index (κ2) is 6.98. The predicted molar refractivity (Wildman–Crippen MR) is 101 cm³/mol. The van der Waals surface area contributed by atoms with E-state index in [2.05, 4.69) is 4.98 Å². The van der Waals surface area contributed by atoms with Crippen LogP contribution in [-0.2, 0) is 9.53 Å². The van der Waals surface area contributed by atoms with E-state index in [9.17, 15) is 14.7 Å². The largest absolute Gasteiger partial charge is 0.480 e. The summed E-state index contributed by atoms with van der Waals surface area (Å²) in [5.41, 5.74) is -0.723. The lowest BCUT2D eigenvalue weighted by atomic mass is 10.1. The first-order chi connectivity index (χ1) is 13.7. The molecule has 2 aliphatic rings. The summed E-state index contributed by atoms with van der Waals surface area (Å²) < 4.78 is 22.3. The van der Waals surface area contributed by atoms with Crippen LogP contribution in [0.1, 0.15) is 27.2 Å². The number of fused-ring (bicyclic) bond motifs is 3. The fraction of sp³-hybridized carbons (Fsp3) is 0.450. The number of likely N-dealkylation sites (tertiary alicyclic amines) is 1. The summed E-state index contributed by atoms with van der Waals surface area (Å²) >= 11 is 0. The van der Waals surface area contributed by atoms with Crippen LogP contribution in [0.2, 0.25) is 0 Å². The molecule has 3 heterocycles. The van der Waals surface area contributed by atoms with Crippen molar-refractivity contribution in [2.24, 2.45) is 0 Å². The quantitative estimate of drug-likeness (QED) is 0.835. The molecule has 154 valence electrons. The van der Waals surface area contributed by atoms with Gasteiger partial charge in [-0.2, -0.15) is 0 Å². The number of aromatic nitrogens is 1. The zero-order valence-electron chi connectivity index (χ0n) is 16.4. The Bertz CT molecular complexity index is 969. The molecule has 1 amide bonds. The Balaban J connectivity index is 1.57. The molecule has 9 heteroatoms. The van der Waals surface area contributed by atoms with Crippen LogP contribution in [0, 0.1) is 0 Å². The number of hydrogen-bond donors (Lipinski definition) is 1. The maximum Gasteiger partial charge on any atom is 0.411 e. The Hall–Kier alpha value is -3.23. The van der Waals surface area contributed by atoms with Crippen molar-refractivity contribution >= 4 is 22.8 Å². The minimum atomic E-state index is -1.10. The van der Waals surface area contributed by atoms with Crippen LogP contribution in [0.25, 0.3) is 10.8 Å². The molecule has 0 aliphatic carbocycles. The van der Waals surface area contributed by atoms with Gasteiger partial charge in [0, 0.05) is 23.4 Å². The smallest absolute Gasteiger partial charge is 0.411 e. The molecular weight excluding hydrogens is 380 g/mol. The third-order valence-electron chi connectivity index (χ3n) is 4.70. The van der Waals surface area contributed by atoms with Crippen molar-refractivity contribution in [1.82, 2.24) is 9.88 Å². The molecule has 2 aliphatic heterocycles. The number of nitrogens with zero attached hydrogens (tertiary/aromatic N) is 2. The molecule has 0 spiro atoms. The van der Waals surface area contributed by atoms with E-state index in [0.717, 1.165) is 10.8 Å². The molecule has 4 rings (SSSR count). The van der Waals surface area contributed by atoms with Gasteiger partial charge in [0.15, 0.2) is 11.5 Å². The number of hydrogen-bond acceptors (Lipinski definition) is 7. The first-order valence-electron chi connectivity index (χ1n) is 9.29. The Morgan fingerprint density at radius 1 is 1.21 bits per heavy atom. The first kappa shape index (κ1) is 19.1. The maximum absolute atomic E-state index is 12.5. The summed E-state index contributed by atoms with van der Waals surface area (Å²) in [5, 5.41) is 11.1. The summed E-state index contributed by atoms with van der Waals surface area (Å²) in [6, 6.07) is 4.38. The standard InChI is InChI=1S/C20H22N2O7/c1-20(2,3)29-19(25)22-9-11(8-14(22)18(23)24)28-17-13-4-5-15-16(27-10-26-15)12(13)6-7-21-17/h4-7,11,14H,8-10H2,1-3H3,(H,23,24)/t11-,14+/m1/s1. The Kier molecular flexibility index (Phi) is 4.60. The highest BCUT2D eigenvalue weighted by molar-refractivity contribution is 5.94. The maximum atomic E-state index is 12.5. The summed E-state index contributed by atoms with van der Waals surface area (Å²) in [5.74, 6) is 0.523. The molecule has 1 N–H and O–H groups in total. The van der Waals surface area contributed by atoms with Crippen LogP contribution < -0.4 is 14.2 Å². The van der Waals surface area contributed by atoms with Crippen LogP contribution in [0.15, 0.2) is 24.4 Å². The van der Waals surface area contributed by atoms with E-state index in [4.69, 9.17) is 18.9 Å². The van der Waals surface area contributed by atoms with Crippen molar-refractivity contribution in [3.05, 3.63) is 24.4 Å². The number of ether oxygens (including phenoxy) is 4. The molecule has 0 bridgehead atoms. The Morgan fingerprint density at radius 3 is 2.72 bits per heavy atom. The monoisotopic (exact) mass is 402 g/mol. The van der Waals surface area contributed by atoms with Gasteiger partial charge < -0.3 is 24.1 Å². The van der Waals surface area contributed by atoms with Gasteiger partial charge in [0.05, 0.1) is 6.54 Å². The van der Waals surface area contributed by atoms with E-state index in [1.54, 1.807) is 39.1 Å². The van der Waals surface area contributed by atoms with Gasteiger partial charge in [-0.25, -0.2) is 14.6 Å². The predicted octanol–water partition coefficient (Wildman–Crippen LogP) is 2.80. The molecule has 2 aromatic rings. The third-order valence-corrected chi connectivity index (χ3v) is 4.70. The van der Waals surface area contributed by atoms with Gasteiger partial charge in [-0.15, -0.1) is 0 Å². The molecule has 0 unspecified atom stereocenters. The lowest BCUT2D eigenvalue weighted by molar-refractivity contribution is -0.142.